The smallest absolute Gasteiger partial charge is 0.115 e. The van der Waals surface area contributed by atoms with Crippen molar-refractivity contribution < 1.29 is 0 Å². The van der Waals surface area contributed by atoms with E-state index in [-0.39, 0.29) is 11.3 Å². The standard InChI is InChI=1S/C13H14BrClN2S2/c1-2-9(16)12(10-5-6-11(14)18-10)19-13-8(15)4-3-7-17-13/h3-7,9,12H,2,16H2,1H3. The zero-order chi connectivity index (χ0) is 13.8. The lowest BCUT2D eigenvalue weighted by atomic mass is 10.1. The first-order valence-corrected chi connectivity index (χ1v) is 8.76. The van der Waals surface area contributed by atoms with Gasteiger partial charge in [0.1, 0.15) is 5.03 Å². The predicted molar refractivity (Wildman–Crippen MR) is 88.1 cm³/mol. The fraction of sp³-hybridized carbons (Fsp3) is 0.308. The Hall–Kier alpha value is -0.0700. The molecule has 6 heteroatoms. The number of hydrogen-bond donors (Lipinski definition) is 1. The Morgan fingerprint density at radius 2 is 2.26 bits per heavy atom. The maximum Gasteiger partial charge on any atom is 0.115 e. The lowest BCUT2D eigenvalue weighted by molar-refractivity contribution is 0.639. The van der Waals surface area contributed by atoms with E-state index in [1.54, 1.807) is 29.3 Å². The molecule has 0 saturated heterocycles. The maximum absolute atomic E-state index is 6.26. The first-order chi connectivity index (χ1) is 9.11. The molecule has 2 heterocycles. The Morgan fingerprint density at radius 1 is 1.47 bits per heavy atom. The number of nitrogens with two attached hydrogens (primary N) is 1. The third kappa shape index (κ3) is 3.95. The third-order valence-electron chi connectivity index (χ3n) is 2.70. The van der Waals surface area contributed by atoms with Gasteiger partial charge in [0.05, 0.1) is 14.1 Å². The highest BCUT2D eigenvalue weighted by molar-refractivity contribution is 9.11. The molecule has 2 aromatic rings. The highest BCUT2D eigenvalue weighted by atomic mass is 79.9. The monoisotopic (exact) mass is 376 g/mol. The van der Waals surface area contributed by atoms with Crippen LogP contribution in [0, 0.1) is 0 Å². The van der Waals surface area contributed by atoms with Crippen molar-refractivity contribution in [3.8, 4) is 0 Å². The van der Waals surface area contributed by atoms with Gasteiger partial charge < -0.3 is 5.73 Å². The van der Waals surface area contributed by atoms with E-state index in [0.717, 1.165) is 15.2 Å². The minimum absolute atomic E-state index is 0.0774. The van der Waals surface area contributed by atoms with Crippen LogP contribution in [0.25, 0.3) is 0 Å². The largest absolute Gasteiger partial charge is 0.326 e. The summed E-state index contributed by atoms with van der Waals surface area (Å²) in [5.41, 5.74) is 6.26. The highest BCUT2D eigenvalue weighted by Crippen LogP contribution is 2.43. The maximum atomic E-state index is 6.26. The molecule has 102 valence electrons. The van der Waals surface area contributed by atoms with Crippen LogP contribution in [0.5, 0.6) is 0 Å². The van der Waals surface area contributed by atoms with Gasteiger partial charge >= 0.3 is 0 Å². The summed E-state index contributed by atoms with van der Waals surface area (Å²) in [7, 11) is 0. The van der Waals surface area contributed by atoms with Crippen LogP contribution >= 0.6 is 50.6 Å². The Bertz CT molecular complexity index is 547. The van der Waals surface area contributed by atoms with E-state index in [4.69, 9.17) is 17.3 Å². The summed E-state index contributed by atoms with van der Waals surface area (Å²) >= 11 is 13.0. The minimum Gasteiger partial charge on any atom is -0.326 e. The molecule has 0 amide bonds. The van der Waals surface area contributed by atoms with Crippen LogP contribution < -0.4 is 5.73 Å². The van der Waals surface area contributed by atoms with Gasteiger partial charge in [0.15, 0.2) is 0 Å². The summed E-state index contributed by atoms with van der Waals surface area (Å²) in [6.07, 6.45) is 2.67. The van der Waals surface area contributed by atoms with E-state index in [2.05, 4.69) is 40.0 Å². The van der Waals surface area contributed by atoms with Crippen molar-refractivity contribution in [2.75, 3.05) is 0 Å². The summed E-state index contributed by atoms with van der Waals surface area (Å²) in [6, 6.07) is 7.93. The summed E-state index contributed by atoms with van der Waals surface area (Å²) in [4.78, 5) is 5.58. The van der Waals surface area contributed by atoms with Crippen LogP contribution in [0.1, 0.15) is 23.5 Å². The van der Waals surface area contributed by atoms with Gasteiger partial charge in [-0.05, 0) is 46.6 Å². The fourth-order valence-electron chi connectivity index (χ4n) is 1.63. The molecule has 2 unspecified atom stereocenters. The number of thiophene rings is 1. The Balaban J connectivity index is 2.27. The van der Waals surface area contributed by atoms with Crippen LogP contribution in [0.2, 0.25) is 5.02 Å². The average molecular weight is 378 g/mol. The van der Waals surface area contributed by atoms with Crippen LogP contribution in [0.3, 0.4) is 0 Å². The van der Waals surface area contributed by atoms with Crippen molar-refractivity contribution in [2.24, 2.45) is 5.73 Å². The van der Waals surface area contributed by atoms with E-state index in [9.17, 15) is 0 Å². The first-order valence-electron chi connectivity index (χ1n) is 5.89. The van der Waals surface area contributed by atoms with Gasteiger partial charge in [0.25, 0.3) is 0 Å². The molecule has 0 bridgehead atoms. The highest BCUT2D eigenvalue weighted by Gasteiger charge is 2.23. The molecular weight excluding hydrogens is 364 g/mol. The van der Waals surface area contributed by atoms with Gasteiger partial charge in [-0.25, -0.2) is 4.98 Å². The van der Waals surface area contributed by atoms with Gasteiger partial charge in [0, 0.05) is 17.1 Å². The lowest BCUT2D eigenvalue weighted by Gasteiger charge is -2.21. The Morgan fingerprint density at radius 3 is 2.84 bits per heavy atom. The molecule has 0 aliphatic carbocycles. The second-order valence-corrected chi connectivity index (χ2v) is 8.07. The Kier molecular flexibility index (Phi) is 5.71. The molecule has 2 aromatic heterocycles. The normalized spacial score (nSPS) is 14.3. The number of rotatable bonds is 5. The Labute approximate surface area is 134 Å². The van der Waals surface area contributed by atoms with Crippen LogP contribution in [0.15, 0.2) is 39.3 Å². The molecule has 0 aromatic carbocycles. The van der Waals surface area contributed by atoms with E-state index < -0.39 is 0 Å². The summed E-state index contributed by atoms with van der Waals surface area (Å²) < 4.78 is 1.11. The van der Waals surface area contributed by atoms with Crippen molar-refractivity contribution in [3.05, 3.63) is 44.1 Å². The fourth-order valence-corrected chi connectivity index (χ4v) is 4.76. The topological polar surface area (TPSA) is 38.9 Å². The second kappa shape index (κ2) is 7.09. The number of pyridine rings is 1. The first kappa shape index (κ1) is 15.3. The van der Waals surface area contributed by atoms with E-state index >= 15 is 0 Å². The quantitative estimate of drug-likeness (QED) is 0.734. The van der Waals surface area contributed by atoms with Crippen LogP contribution in [-0.2, 0) is 0 Å². The third-order valence-corrected chi connectivity index (χ3v) is 6.38. The van der Waals surface area contributed by atoms with Crippen LogP contribution in [0.4, 0.5) is 0 Å². The van der Waals surface area contributed by atoms with Crippen molar-refractivity contribution in [3.63, 3.8) is 0 Å². The minimum atomic E-state index is 0.0774. The molecule has 0 spiro atoms. The number of thioether (sulfide) groups is 1. The van der Waals surface area contributed by atoms with Crippen LogP contribution in [-0.4, -0.2) is 11.0 Å². The predicted octanol–water partition coefficient (Wildman–Crippen LogP) is 5.13. The van der Waals surface area contributed by atoms with E-state index in [1.165, 1.54) is 4.88 Å². The molecular formula is C13H14BrClN2S2. The van der Waals surface area contributed by atoms with Crippen molar-refractivity contribution in [1.29, 1.82) is 0 Å². The molecule has 0 saturated carbocycles. The average Bonchev–Trinajstić information content (AvgIpc) is 2.83. The zero-order valence-corrected chi connectivity index (χ0v) is 14.3. The van der Waals surface area contributed by atoms with Gasteiger partial charge in [-0.1, -0.05) is 30.3 Å². The van der Waals surface area contributed by atoms with E-state index in [1.807, 2.05) is 12.1 Å². The molecule has 0 aliphatic rings. The number of aromatic nitrogens is 1. The summed E-state index contributed by atoms with van der Waals surface area (Å²) in [5.74, 6) is 0. The van der Waals surface area contributed by atoms with Crippen molar-refractivity contribution in [2.45, 2.75) is 29.7 Å². The molecule has 2 atom stereocenters. The number of nitrogens with zero attached hydrogens (tertiary/aromatic N) is 1. The van der Waals surface area contributed by atoms with Gasteiger partial charge in [-0.3, -0.25) is 0 Å². The van der Waals surface area contributed by atoms with E-state index in [0.29, 0.717) is 5.02 Å². The SMILES string of the molecule is CCC(N)C(Sc1ncccc1Cl)c1ccc(Br)s1. The molecule has 0 aliphatic heterocycles. The molecule has 19 heavy (non-hydrogen) atoms. The second-order valence-electron chi connectivity index (χ2n) is 4.04. The summed E-state index contributed by atoms with van der Waals surface area (Å²) in [5, 5.41) is 1.69. The van der Waals surface area contributed by atoms with Gasteiger partial charge in [-0.15, -0.1) is 11.3 Å². The molecule has 2 rings (SSSR count). The number of hydrogen-bond acceptors (Lipinski definition) is 4. The van der Waals surface area contributed by atoms with Gasteiger partial charge in [-0.2, -0.15) is 0 Å². The molecule has 0 fully saturated rings. The van der Waals surface area contributed by atoms with Crippen molar-refractivity contribution in [1.82, 2.24) is 4.98 Å². The molecule has 0 radical (unpaired) electrons. The number of halogens is 2. The molecule has 2 nitrogen and oxygen atoms in total. The molecule has 2 N–H and O–H groups in total. The summed E-state index contributed by atoms with van der Waals surface area (Å²) in [6.45, 7) is 2.10. The lowest BCUT2D eigenvalue weighted by Crippen LogP contribution is -2.25. The van der Waals surface area contributed by atoms with Crippen molar-refractivity contribution >= 4 is 50.6 Å². The van der Waals surface area contributed by atoms with Gasteiger partial charge in [0.2, 0.25) is 0 Å². The zero-order valence-electron chi connectivity index (χ0n) is 10.3.